The van der Waals surface area contributed by atoms with E-state index in [1.807, 2.05) is 63.2 Å². The molecule has 0 saturated heterocycles. The van der Waals surface area contributed by atoms with Gasteiger partial charge in [0.1, 0.15) is 17.6 Å². The highest BCUT2D eigenvalue weighted by atomic mass is 16.2. The molecule has 0 fully saturated rings. The molecule has 3 aromatic rings. The number of para-hydroxylation sites is 1. The maximum absolute atomic E-state index is 13.0. The number of anilines is 2. The van der Waals surface area contributed by atoms with E-state index in [0.717, 1.165) is 22.5 Å². The van der Waals surface area contributed by atoms with E-state index in [1.54, 1.807) is 10.7 Å². The van der Waals surface area contributed by atoms with Crippen molar-refractivity contribution in [3.8, 4) is 5.69 Å². The summed E-state index contributed by atoms with van der Waals surface area (Å²) < 4.78 is 1.70. The number of hydrazone groups is 1. The summed E-state index contributed by atoms with van der Waals surface area (Å²) >= 11 is 0. The number of carbonyl (C=O) groups is 2. The summed E-state index contributed by atoms with van der Waals surface area (Å²) in [4.78, 5) is 25.0. The van der Waals surface area contributed by atoms with Crippen LogP contribution >= 0.6 is 0 Å². The van der Waals surface area contributed by atoms with E-state index >= 15 is 0 Å². The molecule has 1 aliphatic rings. The maximum Gasteiger partial charge on any atom is 0.273 e. The van der Waals surface area contributed by atoms with Crippen LogP contribution in [0.1, 0.15) is 23.2 Å². The van der Waals surface area contributed by atoms with Crippen LogP contribution in [0.3, 0.4) is 0 Å². The van der Waals surface area contributed by atoms with Crippen LogP contribution in [0.5, 0.6) is 0 Å². The van der Waals surface area contributed by atoms with Gasteiger partial charge in [-0.1, -0.05) is 24.3 Å². The first-order chi connectivity index (χ1) is 14.8. The number of carbonyl (C=O) groups excluding carboxylic acids is 2. The lowest BCUT2D eigenvalue weighted by atomic mass is 10.1. The molecule has 1 atom stereocenters. The number of aryl methyl sites for hydroxylation is 3. The summed E-state index contributed by atoms with van der Waals surface area (Å²) in [6.45, 7) is 5.89. The zero-order chi connectivity index (χ0) is 22.1. The number of aromatic nitrogens is 2. The van der Waals surface area contributed by atoms with Crippen LogP contribution in [-0.4, -0.2) is 33.3 Å². The summed E-state index contributed by atoms with van der Waals surface area (Å²) in [7, 11) is 0. The Bertz CT molecular complexity index is 1160. The molecule has 4 rings (SSSR count). The lowest BCUT2D eigenvalue weighted by molar-refractivity contribution is -0.119. The van der Waals surface area contributed by atoms with Crippen molar-refractivity contribution < 1.29 is 9.59 Å². The van der Waals surface area contributed by atoms with Crippen molar-refractivity contribution in [3.05, 3.63) is 71.4 Å². The highest BCUT2D eigenvalue weighted by molar-refractivity contribution is 6.44. The zero-order valence-electron chi connectivity index (χ0n) is 17.7. The normalized spacial score (nSPS) is 15.6. The molecule has 0 unspecified atom stereocenters. The van der Waals surface area contributed by atoms with Crippen molar-refractivity contribution in [2.45, 2.75) is 33.2 Å². The summed E-state index contributed by atoms with van der Waals surface area (Å²) in [6.07, 6.45) is 0.132. The Morgan fingerprint density at radius 1 is 1.00 bits per heavy atom. The van der Waals surface area contributed by atoms with Crippen molar-refractivity contribution in [2.75, 3.05) is 10.3 Å². The van der Waals surface area contributed by atoms with E-state index < -0.39 is 17.9 Å². The molecule has 1 aliphatic heterocycles. The van der Waals surface area contributed by atoms with E-state index in [4.69, 9.17) is 5.73 Å². The van der Waals surface area contributed by atoms with Gasteiger partial charge in [-0.2, -0.15) is 10.2 Å². The first-order valence-electron chi connectivity index (χ1n) is 9.99. The summed E-state index contributed by atoms with van der Waals surface area (Å²) in [5.41, 5.74) is 10.3. The summed E-state index contributed by atoms with van der Waals surface area (Å²) in [5.74, 6) is -0.397. The topological polar surface area (TPSA) is 106 Å². The Kier molecular flexibility index (Phi) is 5.29. The molecule has 0 spiro atoms. The maximum atomic E-state index is 13.0. The minimum absolute atomic E-state index is 0.132. The van der Waals surface area contributed by atoms with Gasteiger partial charge in [0, 0.05) is 12.5 Å². The largest absolute Gasteiger partial charge is 0.368 e. The number of hydrogen-bond donors (Lipinski definition) is 2. The number of benzene rings is 2. The van der Waals surface area contributed by atoms with Crippen molar-refractivity contribution in [1.29, 1.82) is 0 Å². The Morgan fingerprint density at radius 2 is 1.68 bits per heavy atom. The Balaban J connectivity index is 1.62. The van der Waals surface area contributed by atoms with Gasteiger partial charge in [0.05, 0.1) is 17.1 Å². The fourth-order valence-electron chi connectivity index (χ4n) is 3.73. The fourth-order valence-corrected chi connectivity index (χ4v) is 3.73. The van der Waals surface area contributed by atoms with Crippen LogP contribution in [0.25, 0.3) is 5.69 Å². The Morgan fingerprint density at radius 3 is 2.32 bits per heavy atom. The van der Waals surface area contributed by atoms with Crippen LogP contribution in [0, 0.1) is 20.8 Å². The van der Waals surface area contributed by atoms with Crippen LogP contribution in [0.2, 0.25) is 0 Å². The van der Waals surface area contributed by atoms with Gasteiger partial charge < -0.3 is 11.1 Å². The number of nitrogens with one attached hydrogen (secondary N) is 1. The Hall–Kier alpha value is -3.94. The smallest absolute Gasteiger partial charge is 0.273 e. The zero-order valence-corrected chi connectivity index (χ0v) is 17.7. The second-order valence-corrected chi connectivity index (χ2v) is 7.73. The van der Waals surface area contributed by atoms with Gasteiger partial charge in [0.25, 0.3) is 5.91 Å². The molecule has 1 aromatic heterocycles. The lowest BCUT2D eigenvalue weighted by Crippen LogP contribution is -2.39. The van der Waals surface area contributed by atoms with Gasteiger partial charge in [-0.05, 0) is 56.2 Å². The molecular weight excluding hydrogens is 392 g/mol. The number of rotatable bonds is 5. The van der Waals surface area contributed by atoms with Crippen LogP contribution in [0.15, 0.2) is 59.7 Å². The van der Waals surface area contributed by atoms with Crippen LogP contribution in [0.4, 0.5) is 11.5 Å². The predicted octanol–water partition coefficient (Wildman–Crippen LogP) is 2.86. The summed E-state index contributed by atoms with van der Waals surface area (Å²) in [6, 6.07) is 16.3. The highest BCUT2D eigenvalue weighted by Gasteiger charge is 2.35. The van der Waals surface area contributed by atoms with Crippen molar-refractivity contribution in [2.24, 2.45) is 10.8 Å². The molecule has 8 heteroatoms. The molecule has 3 N–H and O–H groups in total. The Labute approximate surface area is 180 Å². The molecule has 31 heavy (non-hydrogen) atoms. The van der Waals surface area contributed by atoms with E-state index in [2.05, 4.69) is 21.6 Å². The van der Waals surface area contributed by atoms with Gasteiger partial charge in [0.15, 0.2) is 0 Å². The molecular formula is C23H24N6O2. The van der Waals surface area contributed by atoms with Gasteiger partial charge in [-0.15, -0.1) is 0 Å². The third-order valence-corrected chi connectivity index (χ3v) is 5.05. The third kappa shape index (κ3) is 4.18. The average Bonchev–Trinajstić information content (AvgIpc) is 3.32. The van der Waals surface area contributed by atoms with E-state index in [-0.39, 0.29) is 12.1 Å². The predicted molar refractivity (Wildman–Crippen MR) is 120 cm³/mol. The molecule has 0 saturated carbocycles. The molecule has 2 heterocycles. The van der Waals surface area contributed by atoms with Gasteiger partial charge in [-0.3, -0.25) is 14.6 Å². The second kappa shape index (κ2) is 8.06. The standard InChI is InChI=1S/C23H24N6O2/c1-14-9-15(2)11-18(10-14)29-21(12-16(3)26-29)25-23(31)19-13-20(22(24)30)28(27-19)17-7-5-4-6-8-17/h4-12,20H,13H2,1-3H3,(H2,24,30)(H,25,31)/t20-/m0/s1. The third-order valence-electron chi connectivity index (χ3n) is 5.05. The average molecular weight is 416 g/mol. The van der Waals surface area contributed by atoms with E-state index in [0.29, 0.717) is 11.5 Å². The summed E-state index contributed by atoms with van der Waals surface area (Å²) in [5, 5.41) is 13.3. The van der Waals surface area contributed by atoms with Crippen LogP contribution in [-0.2, 0) is 9.59 Å². The second-order valence-electron chi connectivity index (χ2n) is 7.73. The van der Waals surface area contributed by atoms with Crippen LogP contribution < -0.4 is 16.1 Å². The SMILES string of the molecule is Cc1cc(C)cc(-n2nc(C)cc2NC(=O)C2=NN(c3ccccc3)[C@H](C(N)=O)C2)c1. The van der Waals surface area contributed by atoms with Gasteiger partial charge in [0.2, 0.25) is 5.91 Å². The lowest BCUT2D eigenvalue weighted by Gasteiger charge is -2.20. The number of primary amides is 1. The van der Waals surface area contributed by atoms with Gasteiger partial charge in [-0.25, -0.2) is 4.68 Å². The monoisotopic (exact) mass is 416 g/mol. The van der Waals surface area contributed by atoms with E-state index in [1.165, 1.54) is 5.01 Å². The minimum atomic E-state index is -0.714. The number of amides is 2. The van der Waals surface area contributed by atoms with E-state index in [9.17, 15) is 9.59 Å². The first-order valence-corrected chi connectivity index (χ1v) is 9.99. The first kappa shape index (κ1) is 20.3. The minimum Gasteiger partial charge on any atom is -0.368 e. The molecule has 8 nitrogen and oxygen atoms in total. The van der Waals surface area contributed by atoms with Crippen molar-refractivity contribution in [1.82, 2.24) is 9.78 Å². The molecule has 0 bridgehead atoms. The number of nitrogens with zero attached hydrogens (tertiary/aromatic N) is 4. The quantitative estimate of drug-likeness (QED) is 0.667. The molecule has 158 valence electrons. The number of nitrogens with two attached hydrogens (primary N) is 1. The molecule has 0 aliphatic carbocycles. The van der Waals surface area contributed by atoms with Gasteiger partial charge >= 0.3 is 0 Å². The fraction of sp³-hybridized carbons (Fsp3) is 0.217. The molecule has 0 radical (unpaired) electrons. The molecule has 2 aromatic carbocycles. The van der Waals surface area contributed by atoms with Crippen molar-refractivity contribution in [3.63, 3.8) is 0 Å². The van der Waals surface area contributed by atoms with Crippen molar-refractivity contribution >= 4 is 29.0 Å². The highest BCUT2D eigenvalue weighted by Crippen LogP contribution is 2.25. The number of hydrogen-bond acceptors (Lipinski definition) is 5. The molecule has 2 amide bonds.